The van der Waals surface area contributed by atoms with Crippen molar-refractivity contribution < 1.29 is 9.21 Å². The van der Waals surface area contributed by atoms with Gasteiger partial charge < -0.3 is 9.73 Å². The van der Waals surface area contributed by atoms with Crippen LogP contribution < -0.4 is 5.32 Å². The molecule has 1 N–H and O–H groups in total. The fourth-order valence-electron chi connectivity index (χ4n) is 3.56. The number of nitrogens with one attached hydrogen (secondary N) is 1. The zero-order chi connectivity index (χ0) is 17.2. The minimum Gasteiger partial charge on any atom is -0.468 e. The summed E-state index contributed by atoms with van der Waals surface area (Å²) >= 11 is 0. The molecule has 1 saturated carbocycles. The minimum absolute atomic E-state index is 0.0445. The number of aromatic nitrogens is 1. The van der Waals surface area contributed by atoms with Crippen LogP contribution in [0.5, 0.6) is 0 Å². The smallest absolute Gasteiger partial charge is 0.253 e. The van der Waals surface area contributed by atoms with Crippen LogP contribution >= 0.6 is 0 Å². The molecule has 2 aromatic heterocycles. The number of piperidine rings is 1. The summed E-state index contributed by atoms with van der Waals surface area (Å²) in [4.78, 5) is 19.7. The number of nitrogens with zero attached hydrogens (tertiary/aromatic N) is 2. The van der Waals surface area contributed by atoms with Crippen LogP contribution in [0.2, 0.25) is 0 Å². The van der Waals surface area contributed by atoms with Crippen molar-refractivity contribution in [1.82, 2.24) is 15.2 Å². The third kappa shape index (κ3) is 3.93. The van der Waals surface area contributed by atoms with Gasteiger partial charge in [0.1, 0.15) is 5.76 Å². The van der Waals surface area contributed by atoms with E-state index in [1.165, 1.54) is 0 Å². The van der Waals surface area contributed by atoms with E-state index in [-0.39, 0.29) is 5.91 Å². The highest BCUT2D eigenvalue weighted by Gasteiger charge is 2.29. The fourth-order valence-corrected chi connectivity index (χ4v) is 3.56. The lowest BCUT2D eigenvalue weighted by Gasteiger charge is -2.31. The van der Waals surface area contributed by atoms with Crippen LogP contribution in [0.4, 0.5) is 0 Å². The molecule has 4 rings (SSSR count). The molecular weight excluding hydrogens is 314 g/mol. The Balaban J connectivity index is 1.44. The third-order valence-electron chi connectivity index (χ3n) is 5.15. The number of hydrogen-bond donors (Lipinski definition) is 1. The van der Waals surface area contributed by atoms with Gasteiger partial charge in [0.15, 0.2) is 0 Å². The van der Waals surface area contributed by atoms with Gasteiger partial charge in [-0.3, -0.25) is 14.7 Å². The number of carbonyl (C=O) groups excluding carboxylic acids is 1. The van der Waals surface area contributed by atoms with E-state index in [0.717, 1.165) is 68.0 Å². The summed E-state index contributed by atoms with van der Waals surface area (Å²) in [6.45, 7) is 4.86. The zero-order valence-corrected chi connectivity index (χ0v) is 14.7. The first kappa shape index (κ1) is 16.3. The second-order valence-electron chi connectivity index (χ2n) is 7.26. The minimum atomic E-state index is 0.0445. The van der Waals surface area contributed by atoms with Crippen LogP contribution in [-0.4, -0.2) is 34.9 Å². The first-order valence-corrected chi connectivity index (χ1v) is 9.22. The van der Waals surface area contributed by atoms with Crippen LogP contribution in [0, 0.1) is 6.92 Å². The van der Waals surface area contributed by atoms with Crippen LogP contribution in [-0.2, 0) is 6.54 Å². The van der Waals surface area contributed by atoms with E-state index in [0.29, 0.717) is 12.0 Å². The summed E-state index contributed by atoms with van der Waals surface area (Å²) in [5.74, 6) is 1.41. The van der Waals surface area contributed by atoms with Crippen LogP contribution in [0.25, 0.3) is 0 Å². The number of aryl methyl sites for hydroxylation is 1. The number of furan rings is 1. The monoisotopic (exact) mass is 339 g/mol. The summed E-state index contributed by atoms with van der Waals surface area (Å²) in [5, 5.41) is 3.11. The Kier molecular flexibility index (Phi) is 4.57. The average molecular weight is 339 g/mol. The molecule has 25 heavy (non-hydrogen) atoms. The standard InChI is InChI=1S/C20H25N3O2/c1-14-4-7-18(20(24)22-16-5-6-16)19(21-14)15-8-10-23(11-9-15)13-17-3-2-12-25-17/h2-4,7,12,15-16H,5-6,8-11,13H2,1H3,(H,22,24). The molecule has 3 heterocycles. The topological polar surface area (TPSA) is 58.4 Å². The molecule has 0 atom stereocenters. The second kappa shape index (κ2) is 7.00. The Morgan fingerprint density at radius 1 is 1.24 bits per heavy atom. The van der Waals surface area contributed by atoms with Gasteiger partial charge in [0.2, 0.25) is 0 Å². The number of amides is 1. The zero-order valence-electron chi connectivity index (χ0n) is 14.7. The summed E-state index contributed by atoms with van der Waals surface area (Å²) in [5.41, 5.74) is 2.73. The normalized spacial score (nSPS) is 19.1. The quantitative estimate of drug-likeness (QED) is 0.908. The van der Waals surface area contributed by atoms with Crippen molar-refractivity contribution in [3.63, 3.8) is 0 Å². The Morgan fingerprint density at radius 3 is 2.72 bits per heavy atom. The molecule has 2 fully saturated rings. The van der Waals surface area contributed by atoms with Crippen molar-refractivity contribution in [3.05, 3.63) is 53.2 Å². The molecular formula is C20H25N3O2. The largest absolute Gasteiger partial charge is 0.468 e. The average Bonchev–Trinajstić information content (AvgIpc) is 3.28. The molecule has 0 aromatic carbocycles. The predicted molar refractivity (Wildman–Crippen MR) is 95.4 cm³/mol. The van der Waals surface area contributed by atoms with Gasteiger partial charge in [0, 0.05) is 17.7 Å². The van der Waals surface area contributed by atoms with Crippen LogP contribution in [0.1, 0.15) is 59.1 Å². The van der Waals surface area contributed by atoms with Gasteiger partial charge in [-0.05, 0) is 70.0 Å². The Bertz CT molecular complexity index is 729. The predicted octanol–water partition coefficient (Wildman–Crippen LogP) is 3.25. The molecule has 0 spiro atoms. The van der Waals surface area contributed by atoms with Gasteiger partial charge in [-0.15, -0.1) is 0 Å². The molecule has 2 aliphatic rings. The summed E-state index contributed by atoms with van der Waals surface area (Å²) in [6.07, 6.45) is 5.99. The van der Waals surface area contributed by atoms with Crippen molar-refractivity contribution in [2.75, 3.05) is 13.1 Å². The van der Waals surface area contributed by atoms with E-state index < -0.39 is 0 Å². The van der Waals surface area contributed by atoms with E-state index in [2.05, 4.69) is 10.2 Å². The lowest BCUT2D eigenvalue weighted by molar-refractivity contribution is 0.0948. The highest BCUT2D eigenvalue weighted by molar-refractivity contribution is 5.95. The van der Waals surface area contributed by atoms with Crippen molar-refractivity contribution in [3.8, 4) is 0 Å². The molecule has 2 aromatic rings. The first-order valence-electron chi connectivity index (χ1n) is 9.22. The van der Waals surface area contributed by atoms with Crippen LogP contribution in [0.3, 0.4) is 0 Å². The van der Waals surface area contributed by atoms with Gasteiger partial charge in [-0.25, -0.2) is 0 Å². The number of hydrogen-bond acceptors (Lipinski definition) is 4. The maximum absolute atomic E-state index is 12.6. The van der Waals surface area contributed by atoms with E-state index in [4.69, 9.17) is 9.40 Å². The molecule has 5 heteroatoms. The molecule has 1 aliphatic heterocycles. The number of pyridine rings is 1. The lowest BCUT2D eigenvalue weighted by atomic mass is 9.89. The van der Waals surface area contributed by atoms with Gasteiger partial charge in [-0.2, -0.15) is 0 Å². The van der Waals surface area contributed by atoms with Crippen LogP contribution in [0.15, 0.2) is 34.9 Å². The second-order valence-corrected chi connectivity index (χ2v) is 7.26. The molecule has 0 radical (unpaired) electrons. The van der Waals surface area contributed by atoms with Crippen molar-refractivity contribution in [1.29, 1.82) is 0 Å². The highest BCUT2D eigenvalue weighted by atomic mass is 16.3. The van der Waals surface area contributed by atoms with Gasteiger partial charge in [0.25, 0.3) is 5.91 Å². The Hall–Kier alpha value is -2.14. The molecule has 1 amide bonds. The third-order valence-corrected chi connectivity index (χ3v) is 5.15. The van der Waals surface area contributed by atoms with Crippen molar-refractivity contribution in [2.24, 2.45) is 0 Å². The summed E-state index contributed by atoms with van der Waals surface area (Å²) in [7, 11) is 0. The van der Waals surface area contributed by atoms with E-state index in [9.17, 15) is 4.79 Å². The van der Waals surface area contributed by atoms with Gasteiger partial charge in [-0.1, -0.05) is 0 Å². The van der Waals surface area contributed by atoms with Crippen molar-refractivity contribution in [2.45, 2.75) is 51.1 Å². The Labute approximate surface area is 148 Å². The summed E-state index contributed by atoms with van der Waals surface area (Å²) in [6, 6.07) is 8.22. The maximum Gasteiger partial charge on any atom is 0.253 e. The molecule has 132 valence electrons. The highest BCUT2D eigenvalue weighted by Crippen LogP contribution is 2.30. The maximum atomic E-state index is 12.6. The lowest BCUT2D eigenvalue weighted by Crippen LogP contribution is -2.34. The first-order chi connectivity index (χ1) is 12.2. The Morgan fingerprint density at radius 2 is 2.04 bits per heavy atom. The SMILES string of the molecule is Cc1ccc(C(=O)NC2CC2)c(C2CCN(Cc3ccco3)CC2)n1. The van der Waals surface area contributed by atoms with Gasteiger partial charge >= 0.3 is 0 Å². The molecule has 5 nitrogen and oxygen atoms in total. The molecule has 0 bridgehead atoms. The molecule has 1 aliphatic carbocycles. The van der Waals surface area contributed by atoms with Gasteiger partial charge in [0.05, 0.1) is 24.1 Å². The fraction of sp³-hybridized carbons (Fsp3) is 0.500. The van der Waals surface area contributed by atoms with E-state index >= 15 is 0 Å². The number of likely N-dealkylation sites (tertiary alicyclic amines) is 1. The number of rotatable bonds is 5. The van der Waals surface area contributed by atoms with E-state index in [1.54, 1.807) is 6.26 Å². The summed E-state index contributed by atoms with van der Waals surface area (Å²) < 4.78 is 5.45. The molecule has 1 saturated heterocycles. The van der Waals surface area contributed by atoms with Crippen molar-refractivity contribution >= 4 is 5.91 Å². The molecule has 0 unspecified atom stereocenters. The number of carbonyl (C=O) groups is 1. The van der Waals surface area contributed by atoms with E-state index in [1.807, 2.05) is 31.2 Å².